The second kappa shape index (κ2) is 3.66. The normalized spacial score (nSPS) is 15.9. The van der Waals surface area contributed by atoms with Crippen LogP contribution >= 0.6 is 23.2 Å². The molecule has 2 aromatic rings. The Morgan fingerprint density at radius 3 is 2.69 bits per heavy atom. The average molecular weight is 256 g/mol. The van der Waals surface area contributed by atoms with E-state index in [1.807, 2.05) is 12.1 Å². The molecule has 0 bridgehead atoms. The molecule has 2 nitrogen and oxygen atoms in total. The summed E-state index contributed by atoms with van der Waals surface area (Å²) in [7, 11) is 0. The Balaban J connectivity index is 2.34. The first kappa shape index (κ1) is 10.5. The summed E-state index contributed by atoms with van der Waals surface area (Å²) >= 11 is 12.1. The molecule has 0 radical (unpaired) electrons. The van der Waals surface area contributed by atoms with Crippen molar-refractivity contribution >= 4 is 34.2 Å². The molecule has 1 fully saturated rings. The smallest absolute Gasteiger partial charge is 0.154 e. The number of halogens is 2. The van der Waals surface area contributed by atoms with Gasteiger partial charge in [-0.1, -0.05) is 23.2 Å². The highest BCUT2D eigenvalue weighted by Gasteiger charge is 2.31. The van der Waals surface area contributed by atoms with Gasteiger partial charge in [0, 0.05) is 10.9 Å². The van der Waals surface area contributed by atoms with Crippen LogP contribution in [0.3, 0.4) is 0 Å². The zero-order chi connectivity index (χ0) is 11.3. The Morgan fingerprint density at radius 1 is 1.31 bits per heavy atom. The van der Waals surface area contributed by atoms with Crippen molar-refractivity contribution in [1.82, 2.24) is 0 Å². The van der Waals surface area contributed by atoms with Crippen LogP contribution in [-0.4, -0.2) is 0 Å². The zero-order valence-corrected chi connectivity index (χ0v) is 10.1. The molecular formula is C12H11Cl2NO. The van der Waals surface area contributed by atoms with E-state index in [0.29, 0.717) is 28.1 Å². The highest BCUT2D eigenvalue weighted by Crippen LogP contribution is 2.47. The first-order valence-electron chi connectivity index (χ1n) is 5.31. The minimum absolute atomic E-state index is 0.411. The van der Waals surface area contributed by atoms with Crippen LogP contribution < -0.4 is 5.73 Å². The van der Waals surface area contributed by atoms with Crippen molar-refractivity contribution in [3.63, 3.8) is 0 Å². The van der Waals surface area contributed by atoms with E-state index in [0.717, 1.165) is 11.1 Å². The lowest BCUT2D eigenvalue weighted by Crippen LogP contribution is -1.97. The van der Waals surface area contributed by atoms with Crippen molar-refractivity contribution < 1.29 is 4.42 Å². The number of furan rings is 1. The van der Waals surface area contributed by atoms with Crippen molar-refractivity contribution in [3.8, 4) is 0 Å². The van der Waals surface area contributed by atoms with Crippen molar-refractivity contribution in [2.24, 2.45) is 5.73 Å². The third kappa shape index (κ3) is 1.45. The first-order chi connectivity index (χ1) is 7.72. The second-order valence-electron chi connectivity index (χ2n) is 4.16. The number of hydrogen-bond acceptors (Lipinski definition) is 2. The maximum Gasteiger partial charge on any atom is 0.154 e. The van der Waals surface area contributed by atoms with Crippen LogP contribution in [0.5, 0.6) is 0 Å². The van der Waals surface area contributed by atoms with Crippen LogP contribution in [0.4, 0.5) is 0 Å². The molecule has 0 atom stereocenters. The Kier molecular flexibility index (Phi) is 2.39. The fourth-order valence-corrected chi connectivity index (χ4v) is 2.50. The summed E-state index contributed by atoms with van der Waals surface area (Å²) in [5.74, 6) is 1.44. The summed E-state index contributed by atoms with van der Waals surface area (Å²) < 4.78 is 5.72. The number of hydrogen-bond donors (Lipinski definition) is 1. The van der Waals surface area contributed by atoms with E-state index in [4.69, 9.17) is 33.4 Å². The molecule has 84 valence electrons. The Morgan fingerprint density at radius 2 is 2.06 bits per heavy atom. The van der Waals surface area contributed by atoms with Gasteiger partial charge in [0.05, 0.1) is 11.6 Å². The van der Waals surface area contributed by atoms with Crippen LogP contribution in [0.2, 0.25) is 10.0 Å². The van der Waals surface area contributed by atoms with E-state index < -0.39 is 0 Å². The van der Waals surface area contributed by atoms with Crippen molar-refractivity contribution in [2.45, 2.75) is 25.3 Å². The third-order valence-corrected chi connectivity index (χ3v) is 3.82. The quantitative estimate of drug-likeness (QED) is 0.879. The molecule has 1 aromatic heterocycles. The van der Waals surface area contributed by atoms with Crippen LogP contribution in [0.15, 0.2) is 16.5 Å². The highest BCUT2D eigenvalue weighted by molar-refractivity contribution is 6.44. The van der Waals surface area contributed by atoms with Gasteiger partial charge in [0.15, 0.2) is 5.58 Å². The highest BCUT2D eigenvalue weighted by atomic mass is 35.5. The summed E-state index contributed by atoms with van der Waals surface area (Å²) in [5, 5.41) is 2.08. The Bertz CT molecular complexity index is 558. The molecule has 1 heterocycles. The van der Waals surface area contributed by atoms with E-state index in [9.17, 15) is 0 Å². The minimum atomic E-state index is 0.411. The van der Waals surface area contributed by atoms with Gasteiger partial charge < -0.3 is 10.2 Å². The molecule has 1 aromatic carbocycles. The molecule has 0 spiro atoms. The van der Waals surface area contributed by atoms with Gasteiger partial charge in [-0.2, -0.15) is 0 Å². The predicted octanol–water partition coefficient (Wildman–Crippen LogP) is 4.08. The van der Waals surface area contributed by atoms with Crippen molar-refractivity contribution in [1.29, 1.82) is 0 Å². The first-order valence-corrected chi connectivity index (χ1v) is 6.07. The van der Waals surface area contributed by atoms with Gasteiger partial charge >= 0.3 is 0 Å². The molecule has 1 saturated carbocycles. The number of fused-ring (bicyclic) bond motifs is 1. The zero-order valence-electron chi connectivity index (χ0n) is 8.59. The molecule has 2 N–H and O–H groups in total. The molecule has 16 heavy (non-hydrogen) atoms. The standard InChI is InChI=1S/C12H11Cl2NO/c13-8-4-3-7-10(6-1-2-6)9(5-15)16-12(7)11(8)14/h3-4,6H,1-2,5,15H2. The van der Waals surface area contributed by atoms with E-state index in [1.165, 1.54) is 18.4 Å². The topological polar surface area (TPSA) is 39.2 Å². The molecule has 1 aliphatic carbocycles. The molecule has 0 unspecified atom stereocenters. The molecule has 0 saturated heterocycles. The number of nitrogens with two attached hydrogens (primary N) is 1. The number of benzene rings is 1. The minimum Gasteiger partial charge on any atom is -0.458 e. The van der Waals surface area contributed by atoms with Gasteiger partial charge in [-0.25, -0.2) is 0 Å². The maximum absolute atomic E-state index is 6.13. The molecule has 0 aliphatic heterocycles. The van der Waals surface area contributed by atoms with E-state index in [-0.39, 0.29) is 0 Å². The van der Waals surface area contributed by atoms with Gasteiger partial charge in [0.2, 0.25) is 0 Å². The number of rotatable bonds is 2. The Labute approximate surface area is 103 Å². The summed E-state index contributed by atoms with van der Waals surface area (Å²) in [6.07, 6.45) is 2.42. The maximum atomic E-state index is 6.13. The third-order valence-electron chi connectivity index (χ3n) is 3.04. The molecular weight excluding hydrogens is 245 g/mol. The summed E-state index contributed by atoms with van der Waals surface area (Å²) in [4.78, 5) is 0. The fraction of sp³-hybridized carbons (Fsp3) is 0.333. The molecule has 0 amide bonds. The van der Waals surface area contributed by atoms with Gasteiger partial charge in [-0.3, -0.25) is 0 Å². The molecule has 3 rings (SSSR count). The summed E-state index contributed by atoms with van der Waals surface area (Å²) in [6.45, 7) is 0.411. The lowest BCUT2D eigenvalue weighted by molar-refractivity contribution is 0.546. The molecule has 4 heteroatoms. The van der Waals surface area contributed by atoms with E-state index in [1.54, 1.807) is 0 Å². The van der Waals surface area contributed by atoms with E-state index in [2.05, 4.69) is 0 Å². The Hall–Kier alpha value is -0.700. The average Bonchev–Trinajstić information content (AvgIpc) is 3.04. The van der Waals surface area contributed by atoms with E-state index >= 15 is 0 Å². The monoisotopic (exact) mass is 255 g/mol. The van der Waals surface area contributed by atoms with Gasteiger partial charge in [-0.15, -0.1) is 0 Å². The summed E-state index contributed by atoms with van der Waals surface area (Å²) in [6, 6.07) is 3.79. The fourth-order valence-electron chi connectivity index (χ4n) is 2.14. The van der Waals surface area contributed by atoms with Crippen LogP contribution in [0, 0.1) is 0 Å². The van der Waals surface area contributed by atoms with Crippen molar-refractivity contribution in [2.75, 3.05) is 0 Å². The molecule has 1 aliphatic rings. The second-order valence-corrected chi connectivity index (χ2v) is 4.94. The van der Waals surface area contributed by atoms with Gasteiger partial charge in [0.1, 0.15) is 10.8 Å². The largest absolute Gasteiger partial charge is 0.458 e. The van der Waals surface area contributed by atoms with Gasteiger partial charge in [-0.05, 0) is 30.9 Å². The van der Waals surface area contributed by atoms with Gasteiger partial charge in [0.25, 0.3) is 0 Å². The van der Waals surface area contributed by atoms with Crippen molar-refractivity contribution in [3.05, 3.63) is 33.5 Å². The lowest BCUT2D eigenvalue weighted by atomic mass is 10.1. The lowest BCUT2D eigenvalue weighted by Gasteiger charge is -1.97. The summed E-state index contributed by atoms with van der Waals surface area (Å²) in [5.41, 5.74) is 7.61. The predicted molar refractivity (Wildman–Crippen MR) is 66.1 cm³/mol. The van der Waals surface area contributed by atoms with Crippen LogP contribution in [0.1, 0.15) is 30.1 Å². The van der Waals surface area contributed by atoms with Crippen LogP contribution in [0.25, 0.3) is 11.0 Å². The SMILES string of the molecule is NCc1oc2c(Cl)c(Cl)ccc2c1C1CC1. The van der Waals surface area contributed by atoms with Crippen LogP contribution in [-0.2, 0) is 6.54 Å².